The van der Waals surface area contributed by atoms with E-state index in [1.165, 1.54) is 6.33 Å². The predicted octanol–water partition coefficient (Wildman–Crippen LogP) is 1.87. The van der Waals surface area contributed by atoms with Gasteiger partial charge in [-0.25, -0.2) is 19.6 Å². The fourth-order valence-corrected chi connectivity index (χ4v) is 2.51. The van der Waals surface area contributed by atoms with Gasteiger partial charge < -0.3 is 5.32 Å². The van der Waals surface area contributed by atoms with Gasteiger partial charge in [-0.05, 0) is 25.1 Å². The lowest BCUT2D eigenvalue weighted by Crippen LogP contribution is -2.17. The minimum absolute atomic E-state index is 0.281. The van der Waals surface area contributed by atoms with E-state index in [4.69, 9.17) is 0 Å². The lowest BCUT2D eigenvalue weighted by atomic mass is 10.3. The number of hydrogen-bond donors (Lipinski definition) is 1. The van der Waals surface area contributed by atoms with Gasteiger partial charge in [-0.2, -0.15) is 5.10 Å². The van der Waals surface area contributed by atoms with Gasteiger partial charge in [0.2, 0.25) is 0 Å². The van der Waals surface area contributed by atoms with Crippen molar-refractivity contribution >= 4 is 17.4 Å². The number of carbonyl (C=O) groups excluding carboxylic acids is 1. The number of aryl methyl sites for hydroxylation is 1. The zero-order valence-electron chi connectivity index (χ0n) is 12.8. The fraction of sp³-hybridized carbons (Fsp3) is 0.0625. The maximum Gasteiger partial charge on any atom is 0.275 e. The molecule has 0 aliphatic carbocycles. The number of anilines is 1. The molecule has 0 unspecified atom stereocenters. The van der Waals surface area contributed by atoms with Crippen LogP contribution in [-0.2, 0) is 0 Å². The largest absolute Gasteiger partial charge is 0.305 e. The molecule has 8 nitrogen and oxygen atoms in total. The highest BCUT2D eigenvalue weighted by Crippen LogP contribution is 2.14. The summed E-state index contributed by atoms with van der Waals surface area (Å²) in [7, 11) is 0. The average molecular weight is 319 g/mol. The minimum atomic E-state index is -0.281. The second-order valence-corrected chi connectivity index (χ2v) is 5.14. The molecular weight excluding hydrogens is 306 g/mol. The van der Waals surface area contributed by atoms with Crippen LogP contribution in [-0.4, -0.2) is 35.0 Å². The molecule has 4 rings (SSSR count). The number of imidazole rings is 1. The Bertz CT molecular complexity index is 1020. The van der Waals surface area contributed by atoms with E-state index in [9.17, 15) is 4.79 Å². The summed E-state index contributed by atoms with van der Waals surface area (Å²) in [5.74, 6) is 0.683. The molecule has 0 fully saturated rings. The zero-order chi connectivity index (χ0) is 16.5. The molecule has 8 heteroatoms. The van der Waals surface area contributed by atoms with Crippen molar-refractivity contribution in [2.45, 2.75) is 6.92 Å². The monoisotopic (exact) mass is 319 g/mol. The summed E-state index contributed by atoms with van der Waals surface area (Å²) in [5.41, 5.74) is 1.85. The summed E-state index contributed by atoms with van der Waals surface area (Å²) in [5, 5.41) is 6.90. The van der Waals surface area contributed by atoms with E-state index in [0.717, 1.165) is 5.65 Å². The molecule has 4 aromatic rings. The molecule has 4 aromatic heterocycles. The van der Waals surface area contributed by atoms with Crippen LogP contribution in [0.1, 0.15) is 16.2 Å². The van der Waals surface area contributed by atoms with Crippen molar-refractivity contribution in [1.29, 1.82) is 0 Å². The van der Waals surface area contributed by atoms with Crippen LogP contribution in [0.15, 0.2) is 55.2 Å². The van der Waals surface area contributed by atoms with Gasteiger partial charge in [0.15, 0.2) is 5.82 Å². The topological polar surface area (TPSA) is 90.0 Å². The molecular formula is C16H13N7O. The summed E-state index contributed by atoms with van der Waals surface area (Å²) in [6, 6.07) is 9.03. The normalized spacial score (nSPS) is 10.9. The van der Waals surface area contributed by atoms with E-state index >= 15 is 0 Å². The van der Waals surface area contributed by atoms with Crippen molar-refractivity contribution in [3.63, 3.8) is 0 Å². The number of aromatic nitrogens is 6. The maximum atomic E-state index is 12.7. The molecule has 1 amide bonds. The summed E-state index contributed by atoms with van der Waals surface area (Å²) >= 11 is 0. The second-order valence-electron chi connectivity index (χ2n) is 5.14. The van der Waals surface area contributed by atoms with Crippen LogP contribution < -0.4 is 5.32 Å². The highest BCUT2D eigenvalue weighted by Gasteiger charge is 2.17. The first kappa shape index (κ1) is 14.1. The Balaban J connectivity index is 1.67. The van der Waals surface area contributed by atoms with Gasteiger partial charge in [0.25, 0.3) is 5.91 Å². The zero-order valence-corrected chi connectivity index (χ0v) is 12.8. The van der Waals surface area contributed by atoms with Crippen LogP contribution in [0.4, 0.5) is 5.82 Å². The first-order valence-corrected chi connectivity index (χ1v) is 7.29. The van der Waals surface area contributed by atoms with Crippen molar-refractivity contribution < 1.29 is 4.79 Å². The van der Waals surface area contributed by atoms with Crippen molar-refractivity contribution in [3.05, 3.63) is 66.6 Å². The summed E-state index contributed by atoms with van der Waals surface area (Å²) < 4.78 is 3.34. The van der Waals surface area contributed by atoms with Crippen LogP contribution in [0.5, 0.6) is 0 Å². The number of pyridine rings is 1. The van der Waals surface area contributed by atoms with E-state index in [-0.39, 0.29) is 5.91 Å². The van der Waals surface area contributed by atoms with Crippen LogP contribution in [0.3, 0.4) is 0 Å². The second kappa shape index (κ2) is 5.58. The Morgan fingerprint density at radius 2 is 2.08 bits per heavy atom. The summed E-state index contributed by atoms with van der Waals surface area (Å²) in [4.78, 5) is 25.3. The van der Waals surface area contributed by atoms with Gasteiger partial charge in [-0.15, -0.1) is 0 Å². The molecule has 0 radical (unpaired) electrons. The molecule has 0 aliphatic heterocycles. The number of hydrogen-bond acceptors (Lipinski definition) is 5. The Hall–Kier alpha value is -3.55. The van der Waals surface area contributed by atoms with E-state index in [1.807, 2.05) is 18.2 Å². The third kappa shape index (κ3) is 2.39. The molecule has 0 aliphatic rings. The van der Waals surface area contributed by atoms with Crippen LogP contribution in [0.25, 0.3) is 11.5 Å². The standard InChI is InChI=1S/C16H13N7O/c1-11-15(22-7-3-2-5-13(22)20-11)16(24)21-12-9-14(18-10-17-12)23-8-4-6-19-23/h2-10H,1H3,(H,17,18,21,24). The fourth-order valence-electron chi connectivity index (χ4n) is 2.51. The number of rotatable bonds is 3. The van der Waals surface area contributed by atoms with Crippen molar-refractivity contribution in [2.24, 2.45) is 0 Å². The first-order chi connectivity index (χ1) is 11.7. The highest BCUT2D eigenvalue weighted by atomic mass is 16.2. The molecule has 0 saturated carbocycles. The van der Waals surface area contributed by atoms with Crippen molar-refractivity contribution in [2.75, 3.05) is 5.32 Å². The highest BCUT2D eigenvalue weighted by molar-refractivity contribution is 6.04. The lowest BCUT2D eigenvalue weighted by molar-refractivity contribution is 0.102. The lowest BCUT2D eigenvalue weighted by Gasteiger charge is -2.06. The molecule has 0 atom stereocenters. The molecule has 0 bridgehead atoms. The quantitative estimate of drug-likeness (QED) is 0.622. The number of nitrogens with zero attached hydrogens (tertiary/aromatic N) is 6. The van der Waals surface area contributed by atoms with Gasteiger partial charge >= 0.3 is 0 Å². The third-order valence-corrected chi connectivity index (χ3v) is 3.55. The van der Waals surface area contributed by atoms with Crippen molar-refractivity contribution in [3.8, 4) is 5.82 Å². The predicted molar refractivity (Wildman–Crippen MR) is 87.0 cm³/mol. The minimum Gasteiger partial charge on any atom is -0.305 e. The van der Waals surface area contributed by atoms with E-state index < -0.39 is 0 Å². The SMILES string of the molecule is Cc1nc2ccccn2c1C(=O)Nc1cc(-n2cccn2)ncn1. The maximum absolute atomic E-state index is 12.7. The number of amides is 1. The molecule has 118 valence electrons. The van der Waals surface area contributed by atoms with Gasteiger partial charge in [0.1, 0.15) is 23.5 Å². The number of fused-ring (bicyclic) bond motifs is 1. The molecule has 4 heterocycles. The Morgan fingerprint density at radius 3 is 2.92 bits per heavy atom. The van der Waals surface area contributed by atoms with Gasteiger partial charge in [-0.3, -0.25) is 9.20 Å². The molecule has 0 spiro atoms. The molecule has 0 aromatic carbocycles. The van der Waals surface area contributed by atoms with Gasteiger partial charge in [0, 0.05) is 24.7 Å². The van der Waals surface area contributed by atoms with E-state index in [2.05, 4.69) is 25.4 Å². The van der Waals surface area contributed by atoms with Gasteiger partial charge in [0.05, 0.1) is 5.69 Å². The van der Waals surface area contributed by atoms with Crippen LogP contribution in [0, 0.1) is 6.92 Å². The van der Waals surface area contributed by atoms with E-state index in [1.54, 1.807) is 46.7 Å². The average Bonchev–Trinajstić information content (AvgIpc) is 3.21. The third-order valence-electron chi connectivity index (χ3n) is 3.55. The van der Waals surface area contributed by atoms with Crippen LogP contribution in [0.2, 0.25) is 0 Å². The Morgan fingerprint density at radius 1 is 1.17 bits per heavy atom. The van der Waals surface area contributed by atoms with Crippen molar-refractivity contribution in [1.82, 2.24) is 29.1 Å². The smallest absolute Gasteiger partial charge is 0.275 e. The summed E-state index contributed by atoms with van der Waals surface area (Å²) in [6.45, 7) is 1.80. The van der Waals surface area contributed by atoms with Gasteiger partial charge in [-0.1, -0.05) is 6.07 Å². The number of carbonyl (C=O) groups is 1. The summed E-state index contributed by atoms with van der Waals surface area (Å²) in [6.07, 6.45) is 6.61. The molecule has 1 N–H and O–H groups in total. The first-order valence-electron chi connectivity index (χ1n) is 7.29. The Kier molecular flexibility index (Phi) is 3.27. The Labute approximate surface area is 136 Å². The van der Waals surface area contributed by atoms with Crippen LogP contribution >= 0.6 is 0 Å². The molecule has 24 heavy (non-hydrogen) atoms. The van der Waals surface area contributed by atoms with E-state index in [0.29, 0.717) is 23.0 Å². The molecule has 0 saturated heterocycles. The number of nitrogens with one attached hydrogen (secondary N) is 1.